The number of aromatic nitrogens is 5. The second-order valence-electron chi connectivity index (χ2n) is 7.43. The second-order valence-corrected chi connectivity index (χ2v) is 7.43. The first-order chi connectivity index (χ1) is 15.5. The Morgan fingerprint density at radius 3 is 2.84 bits per heavy atom. The molecule has 9 nitrogen and oxygen atoms in total. The van der Waals surface area contributed by atoms with Crippen molar-refractivity contribution in [3.63, 3.8) is 0 Å². The maximum absolute atomic E-state index is 13.4. The van der Waals surface area contributed by atoms with Crippen LogP contribution in [0.4, 0.5) is 5.95 Å². The minimum atomic E-state index is -0.333. The number of nitrogens with zero attached hydrogens (tertiary/aromatic N) is 6. The van der Waals surface area contributed by atoms with E-state index in [1.54, 1.807) is 17.7 Å². The average molecular weight is 426 g/mol. The summed E-state index contributed by atoms with van der Waals surface area (Å²) in [5.41, 5.74) is 7.28. The Morgan fingerprint density at radius 2 is 2.09 bits per heavy atom. The van der Waals surface area contributed by atoms with Crippen molar-refractivity contribution in [2.75, 3.05) is 11.9 Å². The molecule has 4 rings (SSSR count). The molecule has 3 aromatic heterocycles. The Labute approximate surface area is 184 Å². The van der Waals surface area contributed by atoms with E-state index in [0.29, 0.717) is 41.3 Å². The molecule has 3 heterocycles. The standard InChI is InChI=1S/C23H22N8O/c1-3-4-9-30-21-19(29-23(30)27-11-15(2)25)13-28-31(22(21)32)14-20-18(10-24)17-8-6-5-7-16(17)12-26-20/h5-8,12-13,15H,9,11,14,25H2,1-2H3,(H,27,29). The van der Waals surface area contributed by atoms with Gasteiger partial charge in [-0.05, 0) is 13.8 Å². The summed E-state index contributed by atoms with van der Waals surface area (Å²) in [6.45, 7) is 4.48. The SMILES string of the molecule is CC#CCn1c(NCC(C)N)nc2cnn(Cc3ncc4ccccc4c3C#N)c(=O)c21. The van der Waals surface area contributed by atoms with E-state index in [2.05, 4.69) is 38.3 Å². The molecule has 0 aliphatic heterocycles. The zero-order chi connectivity index (χ0) is 22.7. The molecule has 0 saturated carbocycles. The van der Waals surface area contributed by atoms with Crippen LogP contribution in [0.1, 0.15) is 25.1 Å². The van der Waals surface area contributed by atoms with E-state index in [4.69, 9.17) is 5.73 Å². The van der Waals surface area contributed by atoms with E-state index in [1.807, 2.05) is 31.2 Å². The van der Waals surface area contributed by atoms with Crippen molar-refractivity contribution in [3.05, 3.63) is 58.3 Å². The van der Waals surface area contributed by atoms with Crippen molar-refractivity contribution < 1.29 is 0 Å². The molecule has 0 saturated heterocycles. The molecule has 0 bridgehead atoms. The molecule has 0 radical (unpaired) electrons. The topological polar surface area (TPSA) is 127 Å². The third kappa shape index (κ3) is 3.89. The Kier molecular flexibility index (Phi) is 5.84. The van der Waals surface area contributed by atoms with Gasteiger partial charge in [0.1, 0.15) is 17.1 Å². The highest BCUT2D eigenvalue weighted by Crippen LogP contribution is 2.21. The monoisotopic (exact) mass is 426 g/mol. The van der Waals surface area contributed by atoms with Crippen molar-refractivity contribution in [1.82, 2.24) is 24.3 Å². The summed E-state index contributed by atoms with van der Waals surface area (Å²) in [4.78, 5) is 22.3. The van der Waals surface area contributed by atoms with Crippen LogP contribution in [0.2, 0.25) is 0 Å². The highest BCUT2D eigenvalue weighted by Gasteiger charge is 2.17. The number of hydrogen-bond donors (Lipinski definition) is 2. The second kappa shape index (κ2) is 8.88. The van der Waals surface area contributed by atoms with Gasteiger partial charge in [-0.3, -0.25) is 14.3 Å². The third-order valence-electron chi connectivity index (χ3n) is 5.04. The minimum absolute atomic E-state index is 0.0652. The Bertz CT molecular complexity index is 1460. The summed E-state index contributed by atoms with van der Waals surface area (Å²) in [6, 6.07) is 9.66. The van der Waals surface area contributed by atoms with Gasteiger partial charge < -0.3 is 11.1 Å². The van der Waals surface area contributed by atoms with Gasteiger partial charge in [-0.1, -0.05) is 30.2 Å². The van der Waals surface area contributed by atoms with Gasteiger partial charge in [-0.15, -0.1) is 5.92 Å². The molecule has 32 heavy (non-hydrogen) atoms. The molecule has 0 spiro atoms. The molecular weight excluding hydrogens is 404 g/mol. The Morgan fingerprint density at radius 1 is 1.28 bits per heavy atom. The summed E-state index contributed by atoms with van der Waals surface area (Å²) < 4.78 is 3.03. The van der Waals surface area contributed by atoms with Crippen LogP contribution in [0.5, 0.6) is 0 Å². The summed E-state index contributed by atoms with van der Waals surface area (Å²) in [5.74, 6) is 6.34. The van der Waals surface area contributed by atoms with Crippen molar-refractivity contribution in [2.24, 2.45) is 5.73 Å². The van der Waals surface area contributed by atoms with Crippen molar-refractivity contribution >= 4 is 27.8 Å². The molecule has 0 amide bonds. The highest BCUT2D eigenvalue weighted by atomic mass is 16.1. The van der Waals surface area contributed by atoms with Gasteiger partial charge in [0.15, 0.2) is 0 Å². The zero-order valence-corrected chi connectivity index (χ0v) is 17.8. The first kappa shape index (κ1) is 21.0. The number of benzene rings is 1. The van der Waals surface area contributed by atoms with Crippen LogP contribution in [0, 0.1) is 23.2 Å². The summed E-state index contributed by atoms with van der Waals surface area (Å²) >= 11 is 0. The largest absolute Gasteiger partial charge is 0.354 e. The lowest BCUT2D eigenvalue weighted by Crippen LogP contribution is -2.27. The van der Waals surface area contributed by atoms with Crippen molar-refractivity contribution in [3.8, 4) is 17.9 Å². The van der Waals surface area contributed by atoms with Gasteiger partial charge in [0.05, 0.1) is 30.5 Å². The molecule has 0 aliphatic carbocycles. The van der Waals surface area contributed by atoms with Gasteiger partial charge in [0.25, 0.3) is 5.56 Å². The lowest BCUT2D eigenvalue weighted by molar-refractivity contribution is 0.631. The smallest absolute Gasteiger partial charge is 0.293 e. The third-order valence-corrected chi connectivity index (χ3v) is 5.04. The number of nitriles is 1. The Hall–Kier alpha value is -4.21. The number of rotatable bonds is 6. The predicted molar refractivity (Wildman–Crippen MR) is 123 cm³/mol. The number of hydrogen-bond acceptors (Lipinski definition) is 7. The number of anilines is 1. The lowest BCUT2D eigenvalue weighted by Gasteiger charge is -2.10. The molecule has 160 valence electrons. The number of nitrogens with one attached hydrogen (secondary N) is 1. The van der Waals surface area contributed by atoms with Crippen LogP contribution >= 0.6 is 0 Å². The number of pyridine rings is 1. The molecule has 1 atom stereocenters. The molecule has 4 aromatic rings. The van der Waals surface area contributed by atoms with E-state index < -0.39 is 0 Å². The maximum Gasteiger partial charge on any atom is 0.293 e. The molecule has 0 fully saturated rings. The van der Waals surface area contributed by atoms with Crippen LogP contribution in [-0.4, -0.2) is 36.9 Å². The van der Waals surface area contributed by atoms with Crippen LogP contribution in [0.15, 0.2) is 41.5 Å². The van der Waals surface area contributed by atoms with Gasteiger partial charge in [-0.25, -0.2) is 9.67 Å². The van der Waals surface area contributed by atoms with Gasteiger partial charge in [0, 0.05) is 29.6 Å². The fourth-order valence-corrected chi connectivity index (χ4v) is 3.49. The molecule has 1 aromatic carbocycles. The highest BCUT2D eigenvalue weighted by molar-refractivity contribution is 5.87. The van der Waals surface area contributed by atoms with Gasteiger partial charge >= 0.3 is 0 Å². The number of imidazole rings is 1. The zero-order valence-electron chi connectivity index (χ0n) is 17.8. The number of nitrogens with two attached hydrogens (primary N) is 1. The van der Waals surface area contributed by atoms with E-state index in [1.165, 1.54) is 10.9 Å². The van der Waals surface area contributed by atoms with Gasteiger partial charge in [-0.2, -0.15) is 10.4 Å². The molecule has 0 aliphatic rings. The first-order valence-electron chi connectivity index (χ1n) is 10.2. The summed E-state index contributed by atoms with van der Waals surface area (Å²) in [6.07, 6.45) is 3.24. The molecule has 1 unspecified atom stereocenters. The normalized spacial score (nSPS) is 11.7. The fraction of sp³-hybridized carbons (Fsp3) is 0.261. The minimum Gasteiger partial charge on any atom is -0.354 e. The fourth-order valence-electron chi connectivity index (χ4n) is 3.49. The lowest BCUT2D eigenvalue weighted by atomic mass is 10.1. The van der Waals surface area contributed by atoms with Crippen LogP contribution in [0.25, 0.3) is 21.8 Å². The maximum atomic E-state index is 13.4. The van der Waals surface area contributed by atoms with Gasteiger partial charge in [0.2, 0.25) is 5.95 Å². The van der Waals surface area contributed by atoms with Crippen LogP contribution in [-0.2, 0) is 13.1 Å². The van der Waals surface area contributed by atoms with Crippen molar-refractivity contribution in [2.45, 2.75) is 33.0 Å². The number of fused-ring (bicyclic) bond motifs is 2. The Balaban J connectivity index is 1.82. The van der Waals surface area contributed by atoms with E-state index >= 15 is 0 Å². The first-order valence-corrected chi connectivity index (χ1v) is 10.2. The van der Waals surface area contributed by atoms with E-state index in [-0.39, 0.29) is 18.1 Å². The average Bonchev–Trinajstić information content (AvgIpc) is 3.16. The van der Waals surface area contributed by atoms with Crippen LogP contribution in [0.3, 0.4) is 0 Å². The predicted octanol–water partition coefficient (Wildman–Crippen LogP) is 1.84. The summed E-state index contributed by atoms with van der Waals surface area (Å²) in [5, 5.41) is 18.8. The molecule has 3 N–H and O–H groups in total. The van der Waals surface area contributed by atoms with E-state index in [0.717, 1.165) is 10.8 Å². The molecular formula is C23H22N8O. The van der Waals surface area contributed by atoms with Crippen LogP contribution < -0.4 is 16.6 Å². The molecule has 9 heteroatoms. The van der Waals surface area contributed by atoms with Crippen molar-refractivity contribution in [1.29, 1.82) is 5.26 Å². The summed E-state index contributed by atoms with van der Waals surface area (Å²) in [7, 11) is 0. The van der Waals surface area contributed by atoms with E-state index in [9.17, 15) is 10.1 Å². The quantitative estimate of drug-likeness (QED) is 0.450.